The smallest absolute Gasteiger partial charge is 0.0668 e. The van der Waals surface area contributed by atoms with Crippen LogP contribution in [0.3, 0.4) is 0 Å². The summed E-state index contributed by atoms with van der Waals surface area (Å²) in [6.45, 7) is 9.73. The van der Waals surface area contributed by atoms with Crippen molar-refractivity contribution in [2.75, 3.05) is 0 Å². The van der Waals surface area contributed by atoms with Crippen LogP contribution in [0.1, 0.15) is 44.6 Å². The van der Waals surface area contributed by atoms with Crippen LogP contribution in [-0.2, 0) is 25.3 Å². The van der Waals surface area contributed by atoms with Crippen LogP contribution >= 0.6 is 11.6 Å². The monoisotopic (exact) mass is 228 g/mol. The van der Waals surface area contributed by atoms with Gasteiger partial charge >= 0.3 is 0 Å². The zero-order valence-electron chi connectivity index (χ0n) is 10.2. The Morgan fingerprint density at radius 3 is 2.33 bits per heavy atom. The highest BCUT2D eigenvalue weighted by molar-refractivity contribution is 6.17. The molecule has 1 aromatic heterocycles. The van der Waals surface area contributed by atoms with E-state index in [1.54, 1.807) is 0 Å². The van der Waals surface area contributed by atoms with E-state index in [0.29, 0.717) is 11.8 Å². The molecule has 0 aliphatic rings. The highest BCUT2D eigenvalue weighted by Crippen LogP contribution is 2.19. The Morgan fingerprint density at radius 1 is 1.27 bits per heavy atom. The number of nitrogens with zero attached hydrogens (tertiary/aromatic N) is 2. The molecule has 0 bridgehead atoms. The molecule has 0 radical (unpaired) electrons. The molecule has 0 unspecified atom stereocenters. The van der Waals surface area contributed by atoms with Crippen LogP contribution in [0.5, 0.6) is 0 Å². The predicted octanol–water partition coefficient (Wildman–Crippen LogP) is 3.40. The van der Waals surface area contributed by atoms with Crippen LogP contribution in [-0.4, -0.2) is 9.78 Å². The van der Waals surface area contributed by atoms with Gasteiger partial charge in [-0.1, -0.05) is 27.7 Å². The molecule has 0 fully saturated rings. The molecule has 0 saturated carbocycles. The molecule has 1 rings (SSSR count). The number of rotatable bonds is 5. The van der Waals surface area contributed by atoms with Gasteiger partial charge in [-0.3, -0.25) is 4.68 Å². The summed E-state index contributed by atoms with van der Waals surface area (Å²) in [5.74, 6) is 1.22. The van der Waals surface area contributed by atoms with Crippen LogP contribution in [0, 0.1) is 5.92 Å². The second-order valence-electron chi connectivity index (χ2n) is 4.29. The number of aryl methyl sites for hydroxylation is 1. The van der Waals surface area contributed by atoms with Crippen LogP contribution in [0.4, 0.5) is 0 Å². The first-order chi connectivity index (χ1) is 7.13. The van der Waals surface area contributed by atoms with Crippen molar-refractivity contribution >= 4 is 11.6 Å². The van der Waals surface area contributed by atoms with Gasteiger partial charge < -0.3 is 0 Å². The van der Waals surface area contributed by atoms with Crippen molar-refractivity contribution in [2.24, 2.45) is 5.92 Å². The lowest BCUT2D eigenvalue weighted by Gasteiger charge is -2.09. The predicted molar refractivity (Wildman–Crippen MR) is 65.4 cm³/mol. The molecule has 0 aliphatic carbocycles. The molecule has 0 amide bonds. The summed E-state index contributed by atoms with van der Waals surface area (Å²) in [6, 6.07) is 0. The molecular weight excluding hydrogens is 208 g/mol. The van der Waals surface area contributed by atoms with Crippen LogP contribution < -0.4 is 0 Å². The van der Waals surface area contributed by atoms with E-state index in [-0.39, 0.29) is 0 Å². The fourth-order valence-electron chi connectivity index (χ4n) is 1.92. The zero-order chi connectivity index (χ0) is 11.4. The summed E-state index contributed by atoms with van der Waals surface area (Å²) < 4.78 is 2.14. The van der Waals surface area contributed by atoms with E-state index in [0.717, 1.165) is 19.4 Å². The highest BCUT2D eigenvalue weighted by atomic mass is 35.5. The van der Waals surface area contributed by atoms with Crippen LogP contribution in [0.25, 0.3) is 0 Å². The summed E-state index contributed by atoms with van der Waals surface area (Å²) in [5, 5.41) is 4.64. The van der Waals surface area contributed by atoms with Crippen molar-refractivity contribution in [1.29, 1.82) is 0 Å². The quantitative estimate of drug-likeness (QED) is 0.707. The normalized spacial score (nSPS) is 11.3. The summed E-state index contributed by atoms with van der Waals surface area (Å²) in [4.78, 5) is 0. The third kappa shape index (κ3) is 2.75. The standard InChI is InChI=1S/C12H21ClN2/c1-5-11-10(7-13)12(6-2)15(14-11)8-9(3)4/h9H,5-8H2,1-4H3. The number of halogens is 1. The fraction of sp³-hybridized carbons (Fsp3) is 0.750. The topological polar surface area (TPSA) is 17.8 Å². The van der Waals surface area contributed by atoms with Crippen LogP contribution in [0.15, 0.2) is 0 Å². The molecule has 86 valence electrons. The largest absolute Gasteiger partial charge is 0.269 e. The molecule has 0 spiro atoms. The number of aromatic nitrogens is 2. The number of hydrogen-bond acceptors (Lipinski definition) is 1. The van der Waals surface area contributed by atoms with Crippen molar-refractivity contribution in [3.8, 4) is 0 Å². The van der Waals surface area contributed by atoms with Gasteiger partial charge in [0.25, 0.3) is 0 Å². The minimum atomic E-state index is 0.588. The van der Waals surface area contributed by atoms with Gasteiger partial charge in [-0.2, -0.15) is 5.10 Å². The van der Waals surface area contributed by atoms with E-state index >= 15 is 0 Å². The Bertz CT molecular complexity index is 316. The van der Waals surface area contributed by atoms with Gasteiger partial charge in [0.2, 0.25) is 0 Å². The maximum atomic E-state index is 5.99. The number of alkyl halides is 1. The first kappa shape index (κ1) is 12.6. The molecule has 0 aliphatic heterocycles. The summed E-state index contributed by atoms with van der Waals surface area (Å²) in [6.07, 6.45) is 1.99. The van der Waals surface area contributed by atoms with Gasteiger partial charge in [-0.05, 0) is 18.8 Å². The van der Waals surface area contributed by atoms with Crippen molar-refractivity contribution in [3.63, 3.8) is 0 Å². The van der Waals surface area contributed by atoms with Gasteiger partial charge in [0.1, 0.15) is 0 Å². The minimum absolute atomic E-state index is 0.588. The SMILES string of the molecule is CCc1nn(CC(C)C)c(CC)c1CCl. The molecule has 0 atom stereocenters. The maximum Gasteiger partial charge on any atom is 0.0668 e. The summed E-state index contributed by atoms with van der Waals surface area (Å²) >= 11 is 5.99. The summed E-state index contributed by atoms with van der Waals surface area (Å²) in [5.41, 5.74) is 3.74. The molecule has 3 heteroatoms. The van der Waals surface area contributed by atoms with E-state index in [1.807, 2.05) is 0 Å². The molecule has 15 heavy (non-hydrogen) atoms. The Balaban J connectivity index is 3.09. The van der Waals surface area contributed by atoms with Gasteiger partial charge in [-0.25, -0.2) is 0 Å². The first-order valence-corrected chi connectivity index (χ1v) is 6.30. The van der Waals surface area contributed by atoms with Crippen LogP contribution in [0.2, 0.25) is 0 Å². The van der Waals surface area contributed by atoms with Crippen molar-refractivity contribution in [3.05, 3.63) is 17.0 Å². The molecule has 1 aromatic rings. The van der Waals surface area contributed by atoms with Gasteiger partial charge in [-0.15, -0.1) is 11.6 Å². The third-order valence-corrected chi connectivity index (χ3v) is 2.86. The Kier molecular flexibility index (Phi) is 4.65. The average Bonchev–Trinajstić information content (AvgIpc) is 2.53. The van der Waals surface area contributed by atoms with E-state index < -0.39 is 0 Å². The van der Waals surface area contributed by atoms with Gasteiger partial charge in [0.15, 0.2) is 0 Å². The number of hydrogen-bond donors (Lipinski definition) is 0. The van der Waals surface area contributed by atoms with Gasteiger partial charge in [0.05, 0.1) is 11.6 Å². The second kappa shape index (κ2) is 5.55. The second-order valence-corrected chi connectivity index (χ2v) is 4.56. The zero-order valence-corrected chi connectivity index (χ0v) is 10.9. The third-order valence-electron chi connectivity index (χ3n) is 2.59. The summed E-state index contributed by atoms with van der Waals surface area (Å²) in [7, 11) is 0. The Labute approximate surface area is 97.6 Å². The lowest BCUT2D eigenvalue weighted by molar-refractivity contribution is 0.467. The Hall–Kier alpha value is -0.500. The molecular formula is C12H21ClN2. The Morgan fingerprint density at radius 2 is 1.93 bits per heavy atom. The molecule has 1 heterocycles. The van der Waals surface area contributed by atoms with E-state index in [2.05, 4.69) is 37.5 Å². The van der Waals surface area contributed by atoms with Crippen molar-refractivity contribution < 1.29 is 0 Å². The average molecular weight is 229 g/mol. The lowest BCUT2D eigenvalue weighted by atomic mass is 10.1. The highest BCUT2D eigenvalue weighted by Gasteiger charge is 2.14. The lowest BCUT2D eigenvalue weighted by Crippen LogP contribution is -2.09. The van der Waals surface area contributed by atoms with E-state index in [1.165, 1.54) is 17.0 Å². The molecule has 0 saturated heterocycles. The first-order valence-electron chi connectivity index (χ1n) is 5.77. The molecule has 2 nitrogen and oxygen atoms in total. The minimum Gasteiger partial charge on any atom is -0.269 e. The van der Waals surface area contributed by atoms with Crippen molar-refractivity contribution in [1.82, 2.24) is 9.78 Å². The maximum absolute atomic E-state index is 5.99. The van der Waals surface area contributed by atoms with E-state index in [4.69, 9.17) is 11.6 Å². The van der Waals surface area contributed by atoms with E-state index in [9.17, 15) is 0 Å². The molecule has 0 aromatic carbocycles. The van der Waals surface area contributed by atoms with Crippen molar-refractivity contribution in [2.45, 2.75) is 53.0 Å². The fourth-order valence-corrected chi connectivity index (χ4v) is 2.23. The molecule has 0 N–H and O–H groups in total. The van der Waals surface area contributed by atoms with Gasteiger partial charge in [0, 0.05) is 17.8 Å².